The molecule has 4 nitrogen and oxygen atoms in total. The van der Waals surface area contributed by atoms with Crippen LogP contribution in [-0.4, -0.2) is 19.8 Å². The predicted molar refractivity (Wildman–Crippen MR) is 66.3 cm³/mol. The molecule has 0 saturated heterocycles. The van der Waals surface area contributed by atoms with E-state index in [1.54, 1.807) is 27.2 Å². The van der Waals surface area contributed by atoms with Crippen LogP contribution in [0.1, 0.15) is 12.5 Å². The van der Waals surface area contributed by atoms with Crippen molar-refractivity contribution < 1.29 is 9.47 Å². The maximum Gasteiger partial charge on any atom is 0.160 e. The largest absolute Gasteiger partial charge is 0.493 e. The molecular weight excluding hydrogens is 240 g/mol. The van der Waals surface area contributed by atoms with E-state index in [-0.39, 0.29) is 0 Å². The van der Waals surface area contributed by atoms with Crippen molar-refractivity contribution in [2.75, 3.05) is 14.2 Å². The van der Waals surface area contributed by atoms with Gasteiger partial charge in [-0.05, 0) is 36.4 Å². The van der Waals surface area contributed by atoms with E-state index in [2.05, 4.69) is 10.9 Å². The molecule has 92 valence electrons. The van der Waals surface area contributed by atoms with Crippen molar-refractivity contribution in [3.8, 4) is 17.6 Å². The van der Waals surface area contributed by atoms with E-state index >= 15 is 0 Å². The van der Waals surface area contributed by atoms with Crippen LogP contribution in [0.3, 0.4) is 0 Å². The normalized spacial score (nSPS) is 13.6. The fraction of sp³-hybridized carbons (Fsp3) is 0.417. The number of ether oxygens (including phenoxy) is 2. The number of nitrogens with zero attached hydrogens (tertiary/aromatic N) is 1. The first kappa shape index (κ1) is 13.6. The zero-order chi connectivity index (χ0) is 12.9. The van der Waals surface area contributed by atoms with E-state index < -0.39 is 5.54 Å². The quantitative estimate of drug-likeness (QED) is 0.819. The summed E-state index contributed by atoms with van der Waals surface area (Å²) in [4.78, 5) is 2.48. The van der Waals surface area contributed by atoms with Crippen molar-refractivity contribution in [2.24, 2.45) is 0 Å². The van der Waals surface area contributed by atoms with E-state index in [0.717, 1.165) is 5.56 Å². The fourth-order valence-electron chi connectivity index (χ4n) is 1.49. The third kappa shape index (κ3) is 3.26. The van der Waals surface area contributed by atoms with Gasteiger partial charge < -0.3 is 9.47 Å². The van der Waals surface area contributed by atoms with Crippen LogP contribution in [0.15, 0.2) is 18.2 Å². The maximum absolute atomic E-state index is 9.02. The highest BCUT2D eigenvalue weighted by molar-refractivity contribution is 6.14. The molecule has 0 fully saturated rings. The maximum atomic E-state index is 9.02. The molecule has 0 bridgehead atoms. The van der Waals surface area contributed by atoms with Crippen LogP contribution < -0.4 is 14.3 Å². The molecule has 0 spiro atoms. The summed E-state index contributed by atoms with van der Waals surface area (Å²) in [6.45, 7) is 1.73. The molecule has 0 saturated carbocycles. The Morgan fingerprint density at radius 3 is 2.47 bits per heavy atom. The van der Waals surface area contributed by atoms with Crippen molar-refractivity contribution in [3.05, 3.63) is 23.8 Å². The standard InChI is InChI=1S/C12H15ClN2O2/c1-12(8-14,15-13)7-9-4-5-10(16-2)11(6-9)17-3/h4-6,15H,7H2,1-3H3/t12-/m1/s1. The van der Waals surface area contributed by atoms with Crippen LogP contribution in [0, 0.1) is 11.3 Å². The third-order valence-electron chi connectivity index (χ3n) is 2.46. The van der Waals surface area contributed by atoms with Crippen LogP contribution in [0.5, 0.6) is 11.5 Å². The van der Waals surface area contributed by atoms with Gasteiger partial charge in [0.2, 0.25) is 0 Å². The summed E-state index contributed by atoms with van der Waals surface area (Å²) in [5.41, 5.74) is 0.140. The SMILES string of the molecule is COc1ccc(C[C@](C)(C#N)NCl)cc1OC. The molecule has 0 aliphatic heterocycles. The first-order chi connectivity index (χ1) is 8.08. The zero-order valence-electron chi connectivity index (χ0n) is 10.1. The molecule has 1 N–H and O–H groups in total. The molecule has 0 heterocycles. The monoisotopic (exact) mass is 254 g/mol. The highest BCUT2D eigenvalue weighted by atomic mass is 35.5. The Labute approximate surface area is 106 Å². The predicted octanol–water partition coefficient (Wildman–Crippen LogP) is 2.27. The van der Waals surface area contributed by atoms with Gasteiger partial charge >= 0.3 is 0 Å². The Hall–Kier alpha value is -1.44. The molecule has 0 aliphatic carbocycles. The zero-order valence-corrected chi connectivity index (χ0v) is 10.8. The highest BCUT2D eigenvalue weighted by Crippen LogP contribution is 2.28. The summed E-state index contributed by atoms with van der Waals surface area (Å²) in [5, 5.41) is 9.02. The lowest BCUT2D eigenvalue weighted by Crippen LogP contribution is -2.36. The molecule has 1 aromatic carbocycles. The average Bonchev–Trinajstić information content (AvgIpc) is 2.38. The van der Waals surface area contributed by atoms with Gasteiger partial charge in [0.1, 0.15) is 5.54 Å². The Morgan fingerprint density at radius 1 is 1.35 bits per heavy atom. The summed E-state index contributed by atoms with van der Waals surface area (Å²) in [5.74, 6) is 1.30. The number of nitriles is 1. The molecule has 0 aromatic heterocycles. The second-order valence-corrected chi connectivity index (χ2v) is 4.09. The smallest absolute Gasteiger partial charge is 0.160 e. The van der Waals surface area contributed by atoms with Crippen LogP contribution in [0.4, 0.5) is 0 Å². The fourth-order valence-corrected chi connectivity index (χ4v) is 1.60. The average molecular weight is 255 g/mol. The first-order valence-corrected chi connectivity index (χ1v) is 5.46. The van der Waals surface area contributed by atoms with Crippen LogP contribution >= 0.6 is 11.8 Å². The van der Waals surface area contributed by atoms with Crippen LogP contribution in [-0.2, 0) is 6.42 Å². The summed E-state index contributed by atoms with van der Waals surface area (Å²) in [7, 11) is 3.15. The summed E-state index contributed by atoms with van der Waals surface area (Å²) < 4.78 is 10.3. The molecule has 0 aliphatic rings. The summed E-state index contributed by atoms with van der Waals surface area (Å²) in [6.07, 6.45) is 0.480. The Balaban J connectivity index is 2.98. The Kier molecular flexibility index (Phi) is 4.62. The molecule has 1 aromatic rings. The second kappa shape index (κ2) is 5.76. The molecule has 17 heavy (non-hydrogen) atoms. The van der Waals surface area contributed by atoms with Crippen molar-refractivity contribution in [2.45, 2.75) is 18.9 Å². The molecule has 0 unspecified atom stereocenters. The van der Waals surface area contributed by atoms with Crippen LogP contribution in [0.25, 0.3) is 0 Å². The molecule has 1 rings (SSSR count). The number of nitrogens with one attached hydrogen (secondary N) is 1. The second-order valence-electron chi connectivity index (χ2n) is 3.90. The number of methoxy groups -OCH3 is 2. The van der Waals surface area contributed by atoms with Gasteiger partial charge in [-0.25, -0.2) is 4.84 Å². The molecule has 1 atom stereocenters. The Morgan fingerprint density at radius 2 is 2.00 bits per heavy atom. The van der Waals surface area contributed by atoms with E-state index in [9.17, 15) is 0 Å². The number of halogens is 1. The van der Waals surface area contributed by atoms with Crippen molar-refractivity contribution in [3.63, 3.8) is 0 Å². The number of rotatable bonds is 5. The minimum absolute atomic E-state index is 0.480. The van der Waals surface area contributed by atoms with Crippen molar-refractivity contribution in [1.29, 1.82) is 5.26 Å². The van der Waals surface area contributed by atoms with Crippen molar-refractivity contribution >= 4 is 11.8 Å². The van der Waals surface area contributed by atoms with Gasteiger partial charge in [0, 0.05) is 6.42 Å². The van der Waals surface area contributed by atoms with E-state index in [1.807, 2.05) is 12.1 Å². The lowest BCUT2D eigenvalue weighted by atomic mass is 9.95. The highest BCUT2D eigenvalue weighted by Gasteiger charge is 2.23. The number of hydrogen-bond acceptors (Lipinski definition) is 4. The number of benzene rings is 1. The summed E-state index contributed by atoms with van der Waals surface area (Å²) >= 11 is 5.56. The third-order valence-corrected chi connectivity index (χ3v) is 2.88. The molecular formula is C12H15ClN2O2. The molecule has 5 heteroatoms. The first-order valence-electron chi connectivity index (χ1n) is 5.08. The van der Waals surface area contributed by atoms with Gasteiger partial charge in [-0.3, -0.25) is 0 Å². The molecule has 0 radical (unpaired) electrons. The summed E-state index contributed by atoms with van der Waals surface area (Å²) in [6, 6.07) is 7.65. The topological polar surface area (TPSA) is 54.3 Å². The van der Waals surface area contributed by atoms with Crippen molar-refractivity contribution in [1.82, 2.24) is 4.84 Å². The lowest BCUT2D eigenvalue weighted by molar-refractivity contribution is 0.354. The van der Waals surface area contributed by atoms with Gasteiger partial charge in [0.15, 0.2) is 11.5 Å². The Bertz CT molecular complexity index is 431. The van der Waals surface area contributed by atoms with Gasteiger partial charge in [-0.2, -0.15) is 5.26 Å². The van der Waals surface area contributed by atoms with Gasteiger partial charge in [-0.1, -0.05) is 6.07 Å². The van der Waals surface area contributed by atoms with Gasteiger partial charge in [0.25, 0.3) is 0 Å². The van der Waals surface area contributed by atoms with Crippen LogP contribution in [0.2, 0.25) is 0 Å². The van der Waals surface area contributed by atoms with E-state index in [4.69, 9.17) is 26.5 Å². The van der Waals surface area contributed by atoms with Gasteiger partial charge in [-0.15, -0.1) is 0 Å². The van der Waals surface area contributed by atoms with E-state index in [0.29, 0.717) is 17.9 Å². The van der Waals surface area contributed by atoms with Gasteiger partial charge in [0.05, 0.1) is 20.3 Å². The number of hydrogen-bond donors (Lipinski definition) is 1. The lowest BCUT2D eigenvalue weighted by Gasteiger charge is -2.19. The van der Waals surface area contributed by atoms with E-state index in [1.165, 1.54) is 0 Å². The molecule has 0 amide bonds. The minimum Gasteiger partial charge on any atom is -0.493 e. The minimum atomic E-state index is -0.804.